The normalized spacial score (nSPS) is 13.8. The molecule has 2 rings (SSSR count). The van der Waals surface area contributed by atoms with Crippen molar-refractivity contribution in [2.45, 2.75) is 0 Å². The van der Waals surface area contributed by atoms with Crippen LogP contribution in [-0.2, 0) is 4.57 Å². The van der Waals surface area contributed by atoms with Gasteiger partial charge in [0.25, 0.3) is 0 Å². The van der Waals surface area contributed by atoms with Crippen molar-refractivity contribution in [2.24, 2.45) is 0 Å². The molecule has 17 heavy (non-hydrogen) atoms. The average Bonchev–Trinajstić information content (AvgIpc) is 2.66. The second-order valence-electron chi connectivity index (χ2n) is 3.53. The van der Waals surface area contributed by atoms with E-state index in [0.717, 1.165) is 12.4 Å². The van der Waals surface area contributed by atoms with Gasteiger partial charge in [-0.15, -0.1) is 0 Å². The van der Waals surface area contributed by atoms with E-state index in [0.29, 0.717) is 5.69 Å². The number of hydrogen-bond acceptors (Lipinski definition) is 4. The van der Waals surface area contributed by atoms with Gasteiger partial charge in [0.05, 0.1) is 7.37 Å². The topological polar surface area (TPSA) is 84.0 Å². The fourth-order valence-corrected chi connectivity index (χ4v) is 2.28. The Morgan fingerprint density at radius 2 is 1.94 bits per heavy atom. The first-order valence-corrected chi connectivity index (χ1v) is 6.74. The molecule has 0 aliphatic rings. The predicted octanol–water partition coefficient (Wildman–Crippen LogP) is -2.65. The van der Waals surface area contributed by atoms with E-state index in [1.54, 1.807) is 30.5 Å². The first kappa shape index (κ1) is 15.1. The number of nitrogen functional groups attached to an aromatic ring is 1. The van der Waals surface area contributed by atoms with Gasteiger partial charge < -0.3 is 15.2 Å². The minimum absolute atomic E-state index is 0. The number of anilines is 1. The number of benzene rings is 1. The maximum atomic E-state index is 11.5. The molecule has 1 aromatic carbocycles. The molecular weight excluding hydrogens is 264 g/mol. The predicted molar refractivity (Wildman–Crippen MR) is 61.1 cm³/mol. The molecule has 2 N–H and O–H groups in total. The van der Waals surface area contributed by atoms with Crippen molar-refractivity contribution >= 4 is 18.6 Å². The molecule has 2 aromatic rings. The molecule has 1 heterocycles. The molecule has 0 fully saturated rings. The van der Waals surface area contributed by atoms with Crippen LogP contribution in [0.25, 0.3) is 5.69 Å². The zero-order valence-corrected chi connectivity index (χ0v) is 13.7. The molecular formula is C10H11KN3O2P. The Morgan fingerprint density at radius 1 is 1.35 bits per heavy atom. The van der Waals surface area contributed by atoms with Crippen LogP contribution < -0.4 is 67.6 Å². The second-order valence-corrected chi connectivity index (χ2v) is 5.63. The van der Waals surface area contributed by atoms with Crippen LogP contribution in [0.4, 0.5) is 5.69 Å². The van der Waals surface area contributed by atoms with E-state index < -0.39 is 7.37 Å². The molecule has 0 saturated heterocycles. The SMILES string of the molecule is CP(=O)([O-])c1nccn1-c1ccc(N)cc1.[K+]. The Morgan fingerprint density at radius 3 is 2.47 bits per heavy atom. The summed E-state index contributed by atoms with van der Waals surface area (Å²) in [5.41, 5.74) is 6.97. The number of hydrogen-bond donors (Lipinski definition) is 1. The van der Waals surface area contributed by atoms with Gasteiger partial charge in [0.15, 0.2) is 5.57 Å². The average molecular weight is 275 g/mol. The van der Waals surface area contributed by atoms with Gasteiger partial charge in [-0.05, 0) is 30.9 Å². The van der Waals surface area contributed by atoms with E-state index in [4.69, 9.17) is 5.73 Å². The smallest absolute Gasteiger partial charge is 0.794 e. The van der Waals surface area contributed by atoms with Gasteiger partial charge in [0, 0.05) is 23.8 Å². The summed E-state index contributed by atoms with van der Waals surface area (Å²) < 4.78 is 13.0. The number of imidazole rings is 1. The summed E-state index contributed by atoms with van der Waals surface area (Å²) in [6.07, 6.45) is 3.06. The van der Waals surface area contributed by atoms with E-state index >= 15 is 0 Å². The number of rotatable bonds is 2. The molecule has 1 aromatic heterocycles. The van der Waals surface area contributed by atoms with Crippen LogP contribution in [0.3, 0.4) is 0 Å². The Labute approximate surface area is 142 Å². The molecule has 0 bridgehead atoms. The van der Waals surface area contributed by atoms with Crippen molar-refractivity contribution in [3.8, 4) is 5.69 Å². The molecule has 0 spiro atoms. The third kappa shape index (κ3) is 3.51. The molecule has 0 amide bonds. The number of nitrogens with zero attached hydrogens (tertiary/aromatic N) is 2. The minimum Gasteiger partial charge on any atom is -0.794 e. The van der Waals surface area contributed by atoms with Crippen molar-refractivity contribution in [1.29, 1.82) is 0 Å². The van der Waals surface area contributed by atoms with Gasteiger partial charge in [0.2, 0.25) is 0 Å². The Balaban J connectivity index is 0.00000144. The Kier molecular flexibility index (Phi) is 5.15. The van der Waals surface area contributed by atoms with Crippen molar-refractivity contribution in [1.82, 2.24) is 9.55 Å². The van der Waals surface area contributed by atoms with E-state index in [1.165, 1.54) is 10.8 Å². The molecule has 5 nitrogen and oxygen atoms in total. The van der Waals surface area contributed by atoms with E-state index in [-0.39, 0.29) is 57.0 Å². The third-order valence-corrected chi connectivity index (χ3v) is 3.21. The molecule has 0 saturated carbocycles. The first-order valence-electron chi connectivity index (χ1n) is 4.67. The molecule has 7 heteroatoms. The standard InChI is InChI=1S/C10H12N3O2P.K/c1-16(14,15)10-12-6-7-13(10)9-4-2-8(11)3-5-9;/h2-7H,11H2,1H3,(H,14,15);/q;+1/p-1. The van der Waals surface area contributed by atoms with Crippen LogP contribution >= 0.6 is 7.37 Å². The van der Waals surface area contributed by atoms with Crippen molar-refractivity contribution < 1.29 is 60.8 Å². The zero-order valence-electron chi connectivity index (χ0n) is 9.70. The molecule has 0 aliphatic carbocycles. The molecule has 1 unspecified atom stereocenters. The minimum atomic E-state index is -3.61. The van der Waals surface area contributed by atoms with Gasteiger partial charge in [-0.1, -0.05) is 0 Å². The molecule has 84 valence electrons. The number of nitrogens with two attached hydrogens (primary N) is 1. The van der Waals surface area contributed by atoms with Crippen molar-refractivity contribution in [2.75, 3.05) is 12.4 Å². The van der Waals surface area contributed by atoms with Gasteiger partial charge in [-0.2, -0.15) is 0 Å². The van der Waals surface area contributed by atoms with Crippen LogP contribution in [0.15, 0.2) is 36.7 Å². The second kappa shape index (κ2) is 5.80. The fraction of sp³-hybridized carbons (Fsp3) is 0.100. The summed E-state index contributed by atoms with van der Waals surface area (Å²) in [4.78, 5) is 15.3. The Hall–Kier alpha value is 0.0564. The van der Waals surface area contributed by atoms with Gasteiger partial charge in [-0.3, -0.25) is 4.57 Å². The van der Waals surface area contributed by atoms with Gasteiger partial charge in [0.1, 0.15) is 0 Å². The number of aromatic nitrogens is 2. The van der Waals surface area contributed by atoms with E-state index in [2.05, 4.69) is 4.98 Å². The van der Waals surface area contributed by atoms with Crippen LogP contribution in [0.5, 0.6) is 0 Å². The maximum Gasteiger partial charge on any atom is 1.00 e. The van der Waals surface area contributed by atoms with Crippen LogP contribution in [0.1, 0.15) is 0 Å². The molecule has 0 radical (unpaired) electrons. The monoisotopic (exact) mass is 275 g/mol. The quantitative estimate of drug-likeness (QED) is 0.369. The van der Waals surface area contributed by atoms with Crippen LogP contribution in [0.2, 0.25) is 0 Å². The summed E-state index contributed by atoms with van der Waals surface area (Å²) in [5, 5.41) is 0. The van der Waals surface area contributed by atoms with Gasteiger partial charge in [-0.25, -0.2) is 4.98 Å². The first-order chi connectivity index (χ1) is 7.48. The van der Waals surface area contributed by atoms with E-state index in [1.807, 2.05) is 0 Å². The summed E-state index contributed by atoms with van der Waals surface area (Å²) in [6.45, 7) is 1.16. The third-order valence-electron chi connectivity index (χ3n) is 2.16. The largest absolute Gasteiger partial charge is 1.00 e. The van der Waals surface area contributed by atoms with Crippen molar-refractivity contribution in [3.63, 3.8) is 0 Å². The van der Waals surface area contributed by atoms with Crippen LogP contribution in [-0.4, -0.2) is 16.2 Å². The molecule has 1 atom stereocenters. The Bertz CT molecular complexity index is 547. The summed E-state index contributed by atoms with van der Waals surface area (Å²) in [7, 11) is -3.61. The van der Waals surface area contributed by atoms with Gasteiger partial charge >= 0.3 is 51.4 Å². The summed E-state index contributed by atoms with van der Waals surface area (Å²) in [5.74, 6) is 0. The summed E-state index contributed by atoms with van der Waals surface area (Å²) in [6, 6.07) is 6.92. The fourth-order valence-electron chi connectivity index (χ4n) is 1.43. The van der Waals surface area contributed by atoms with E-state index in [9.17, 15) is 9.46 Å². The summed E-state index contributed by atoms with van der Waals surface area (Å²) >= 11 is 0. The van der Waals surface area contributed by atoms with Crippen molar-refractivity contribution in [3.05, 3.63) is 36.7 Å². The maximum absolute atomic E-state index is 11.5. The zero-order chi connectivity index (χ0) is 11.8. The molecule has 0 aliphatic heterocycles. The van der Waals surface area contributed by atoms with Crippen LogP contribution in [0, 0.1) is 0 Å².